The molecule has 0 bridgehead atoms. The Morgan fingerprint density at radius 2 is 1.90 bits per heavy atom. The molecule has 30 heavy (non-hydrogen) atoms. The van der Waals surface area contributed by atoms with Crippen LogP contribution in [0, 0.1) is 0 Å². The number of hydrogen-bond donors (Lipinski definition) is 0. The summed E-state index contributed by atoms with van der Waals surface area (Å²) >= 11 is 0. The molecule has 5 rings (SSSR count). The van der Waals surface area contributed by atoms with E-state index in [-0.39, 0.29) is 11.9 Å². The summed E-state index contributed by atoms with van der Waals surface area (Å²) in [6, 6.07) is 16.0. The van der Waals surface area contributed by atoms with Crippen LogP contribution < -0.4 is 9.47 Å². The van der Waals surface area contributed by atoms with E-state index >= 15 is 0 Å². The van der Waals surface area contributed by atoms with Gasteiger partial charge in [0.15, 0.2) is 11.5 Å². The smallest absolute Gasteiger partial charge is 0.247 e. The summed E-state index contributed by atoms with van der Waals surface area (Å²) in [7, 11) is 0. The summed E-state index contributed by atoms with van der Waals surface area (Å²) < 4.78 is 13.1. The maximum Gasteiger partial charge on any atom is 0.247 e. The molecule has 0 N–H and O–H groups in total. The number of benzene rings is 2. The number of ether oxygens (including phenoxy) is 2. The average Bonchev–Trinajstić information content (AvgIpc) is 3.48. The number of carbonyl (C=O) groups is 1. The van der Waals surface area contributed by atoms with Crippen molar-refractivity contribution in [2.24, 2.45) is 0 Å². The first kappa shape index (κ1) is 18.5. The van der Waals surface area contributed by atoms with Crippen LogP contribution in [0.2, 0.25) is 0 Å². The predicted molar refractivity (Wildman–Crippen MR) is 114 cm³/mol. The number of carbonyl (C=O) groups excluding carboxylic acids is 1. The molecule has 3 heterocycles. The first-order chi connectivity index (χ1) is 14.8. The summed E-state index contributed by atoms with van der Waals surface area (Å²) in [5.41, 5.74) is 2.97. The van der Waals surface area contributed by atoms with Crippen LogP contribution >= 0.6 is 0 Å². The van der Waals surface area contributed by atoms with Crippen LogP contribution in [0.3, 0.4) is 0 Å². The van der Waals surface area contributed by atoms with Crippen LogP contribution in [-0.2, 0) is 4.79 Å². The van der Waals surface area contributed by atoms with Gasteiger partial charge >= 0.3 is 0 Å². The monoisotopic (exact) mass is 401 g/mol. The SMILES string of the molecule is O=C(/C=C/c1cnn(-c2ccccc2)c1)N1CCC[C@@H]1c1ccc2c(c1)OCCO2. The summed E-state index contributed by atoms with van der Waals surface area (Å²) in [6.07, 6.45) is 9.09. The molecular weight excluding hydrogens is 378 g/mol. The van der Waals surface area contributed by atoms with Gasteiger partial charge in [-0.3, -0.25) is 4.79 Å². The quantitative estimate of drug-likeness (QED) is 0.620. The van der Waals surface area contributed by atoms with Crippen molar-refractivity contribution >= 4 is 12.0 Å². The second kappa shape index (κ2) is 8.06. The van der Waals surface area contributed by atoms with Gasteiger partial charge in [0.1, 0.15) is 13.2 Å². The number of rotatable bonds is 4. The number of para-hydroxylation sites is 1. The van der Waals surface area contributed by atoms with Crippen LogP contribution in [0.5, 0.6) is 11.5 Å². The molecule has 0 saturated carbocycles. The molecule has 2 aromatic carbocycles. The Kier molecular flexibility index (Phi) is 4.97. The summed E-state index contributed by atoms with van der Waals surface area (Å²) in [6.45, 7) is 1.89. The van der Waals surface area contributed by atoms with Crippen LogP contribution in [0.4, 0.5) is 0 Å². The van der Waals surface area contributed by atoms with Crippen molar-refractivity contribution in [1.29, 1.82) is 0 Å². The Bertz CT molecular complexity index is 1070. The molecule has 1 fully saturated rings. The zero-order valence-corrected chi connectivity index (χ0v) is 16.6. The van der Waals surface area contributed by atoms with Crippen molar-refractivity contribution in [3.8, 4) is 17.2 Å². The van der Waals surface area contributed by atoms with Crippen molar-refractivity contribution in [3.63, 3.8) is 0 Å². The predicted octanol–water partition coefficient (Wildman–Crippen LogP) is 4.02. The minimum absolute atomic E-state index is 0.0138. The first-order valence-corrected chi connectivity index (χ1v) is 10.3. The molecule has 1 atom stereocenters. The average molecular weight is 401 g/mol. The number of fused-ring (bicyclic) bond motifs is 1. The van der Waals surface area contributed by atoms with Gasteiger partial charge in [0.05, 0.1) is 17.9 Å². The van der Waals surface area contributed by atoms with Crippen LogP contribution in [0.1, 0.15) is 30.0 Å². The van der Waals surface area contributed by atoms with Gasteiger partial charge < -0.3 is 14.4 Å². The van der Waals surface area contributed by atoms with Gasteiger partial charge in [-0.15, -0.1) is 0 Å². The maximum absolute atomic E-state index is 12.9. The maximum atomic E-state index is 12.9. The third-order valence-electron chi connectivity index (χ3n) is 5.53. The number of amides is 1. The lowest BCUT2D eigenvalue weighted by Gasteiger charge is -2.26. The van der Waals surface area contributed by atoms with Gasteiger partial charge in [-0.05, 0) is 48.7 Å². The lowest BCUT2D eigenvalue weighted by molar-refractivity contribution is -0.126. The van der Waals surface area contributed by atoms with Gasteiger partial charge in [-0.1, -0.05) is 24.3 Å². The van der Waals surface area contributed by atoms with Gasteiger partial charge in [0.25, 0.3) is 0 Å². The standard InChI is InChI=1S/C24H23N3O3/c28-24(11-8-18-16-25-27(17-18)20-5-2-1-3-6-20)26-12-4-7-21(26)19-9-10-22-23(15-19)30-14-13-29-22/h1-3,5-6,8-11,15-17,21H,4,7,12-14H2/b11-8+/t21-/m1/s1. The molecule has 0 spiro atoms. The number of aromatic nitrogens is 2. The number of hydrogen-bond acceptors (Lipinski definition) is 4. The molecule has 6 heteroatoms. The molecule has 6 nitrogen and oxygen atoms in total. The largest absolute Gasteiger partial charge is 0.486 e. The van der Waals surface area contributed by atoms with E-state index in [0.29, 0.717) is 13.2 Å². The summed E-state index contributed by atoms with van der Waals surface area (Å²) in [5.74, 6) is 1.55. The Hall–Kier alpha value is -3.54. The van der Waals surface area contributed by atoms with E-state index < -0.39 is 0 Å². The van der Waals surface area contributed by atoms with Gasteiger partial charge in [0.2, 0.25) is 5.91 Å². The van der Waals surface area contributed by atoms with Crippen molar-refractivity contribution in [3.05, 3.63) is 78.1 Å². The number of nitrogens with zero attached hydrogens (tertiary/aromatic N) is 3. The first-order valence-electron chi connectivity index (χ1n) is 10.3. The minimum Gasteiger partial charge on any atom is -0.486 e. The molecular formula is C24H23N3O3. The molecule has 2 aliphatic heterocycles. The zero-order chi connectivity index (χ0) is 20.3. The van der Waals surface area contributed by atoms with Crippen molar-refractivity contribution in [2.45, 2.75) is 18.9 Å². The minimum atomic E-state index is 0.0138. The fourth-order valence-corrected chi connectivity index (χ4v) is 4.05. The second-order valence-electron chi connectivity index (χ2n) is 7.48. The van der Waals surface area contributed by atoms with E-state index in [1.54, 1.807) is 17.0 Å². The van der Waals surface area contributed by atoms with E-state index in [1.165, 1.54) is 0 Å². The second-order valence-corrected chi connectivity index (χ2v) is 7.48. The van der Waals surface area contributed by atoms with E-state index in [1.807, 2.05) is 65.7 Å². The lowest BCUT2D eigenvalue weighted by atomic mass is 10.0. The van der Waals surface area contributed by atoms with E-state index in [2.05, 4.69) is 5.10 Å². The van der Waals surface area contributed by atoms with Crippen molar-refractivity contribution in [2.75, 3.05) is 19.8 Å². The summed E-state index contributed by atoms with van der Waals surface area (Å²) in [4.78, 5) is 14.9. The zero-order valence-electron chi connectivity index (χ0n) is 16.6. The molecule has 1 aromatic heterocycles. The van der Waals surface area contributed by atoms with Crippen LogP contribution in [0.25, 0.3) is 11.8 Å². The van der Waals surface area contributed by atoms with Gasteiger partial charge in [0, 0.05) is 24.4 Å². The molecule has 1 saturated heterocycles. The molecule has 152 valence electrons. The molecule has 0 aliphatic carbocycles. The van der Waals surface area contributed by atoms with Gasteiger partial charge in [-0.2, -0.15) is 5.10 Å². The van der Waals surface area contributed by atoms with E-state index in [9.17, 15) is 4.79 Å². The highest BCUT2D eigenvalue weighted by molar-refractivity contribution is 5.92. The Balaban J connectivity index is 1.30. The van der Waals surface area contributed by atoms with Crippen LogP contribution in [-0.4, -0.2) is 40.3 Å². The molecule has 3 aromatic rings. The fourth-order valence-electron chi connectivity index (χ4n) is 4.05. The third kappa shape index (κ3) is 3.68. The topological polar surface area (TPSA) is 56.6 Å². The molecule has 2 aliphatic rings. The van der Waals surface area contributed by atoms with E-state index in [4.69, 9.17) is 9.47 Å². The van der Waals surface area contributed by atoms with E-state index in [0.717, 1.165) is 47.7 Å². The number of likely N-dealkylation sites (tertiary alicyclic amines) is 1. The highest BCUT2D eigenvalue weighted by Gasteiger charge is 2.29. The Labute approximate surface area is 175 Å². The summed E-state index contributed by atoms with van der Waals surface area (Å²) in [5, 5.41) is 4.38. The molecule has 1 amide bonds. The van der Waals surface area contributed by atoms with Crippen LogP contribution in [0.15, 0.2) is 67.0 Å². The Morgan fingerprint density at radius 1 is 1.07 bits per heavy atom. The normalized spacial score (nSPS) is 18.1. The van der Waals surface area contributed by atoms with Crippen molar-refractivity contribution < 1.29 is 14.3 Å². The lowest BCUT2D eigenvalue weighted by Crippen LogP contribution is -2.29. The highest BCUT2D eigenvalue weighted by atomic mass is 16.6. The van der Waals surface area contributed by atoms with Gasteiger partial charge in [-0.25, -0.2) is 4.68 Å². The fraction of sp³-hybridized carbons (Fsp3) is 0.250. The molecule has 0 radical (unpaired) electrons. The highest BCUT2D eigenvalue weighted by Crippen LogP contribution is 2.38. The Morgan fingerprint density at radius 3 is 2.77 bits per heavy atom. The van der Waals surface area contributed by atoms with Crippen molar-refractivity contribution in [1.82, 2.24) is 14.7 Å². The molecule has 0 unspecified atom stereocenters. The third-order valence-corrected chi connectivity index (χ3v) is 5.53.